The molecule has 2 aliphatic heterocycles. The second-order valence-electron chi connectivity index (χ2n) is 9.14. The van der Waals surface area contributed by atoms with E-state index in [1.54, 1.807) is 4.90 Å². The van der Waals surface area contributed by atoms with Crippen LogP contribution in [0, 0.1) is 24.6 Å². The molecule has 0 N–H and O–H groups in total. The predicted molar refractivity (Wildman–Crippen MR) is 116 cm³/mol. The molecule has 3 aromatic rings. The van der Waals surface area contributed by atoms with E-state index < -0.39 is 17.8 Å². The number of nitrogens with zero attached hydrogens (tertiary/aromatic N) is 6. The quantitative estimate of drug-likeness (QED) is 0.527. The van der Waals surface area contributed by atoms with Crippen LogP contribution in [0.4, 0.5) is 23.2 Å². The SMILES string of the molecule is Cc1ccc2c(N3CC[C@H](C(=O)N4CCn5c(nnc5C(F)(F)F)C4)[C@H](C)C3)c(F)cnc2c1. The molecule has 180 valence electrons. The Morgan fingerprint density at radius 1 is 1.15 bits per heavy atom. The Hall–Kier alpha value is -3.24. The van der Waals surface area contributed by atoms with Crippen LogP contribution in [0.5, 0.6) is 0 Å². The highest BCUT2D eigenvalue weighted by Gasteiger charge is 2.41. The Balaban J connectivity index is 1.32. The summed E-state index contributed by atoms with van der Waals surface area (Å²) >= 11 is 0. The molecule has 1 saturated heterocycles. The van der Waals surface area contributed by atoms with Gasteiger partial charge in [-0.3, -0.25) is 9.78 Å². The van der Waals surface area contributed by atoms with Gasteiger partial charge in [0.25, 0.3) is 0 Å². The van der Waals surface area contributed by atoms with Crippen LogP contribution in [0.3, 0.4) is 0 Å². The van der Waals surface area contributed by atoms with Crippen molar-refractivity contribution >= 4 is 22.5 Å². The number of hydrogen-bond donors (Lipinski definition) is 0. The van der Waals surface area contributed by atoms with E-state index in [0.29, 0.717) is 25.2 Å². The van der Waals surface area contributed by atoms with E-state index in [-0.39, 0.29) is 43.2 Å². The summed E-state index contributed by atoms with van der Waals surface area (Å²) in [6.45, 7) is 5.06. The maximum absolute atomic E-state index is 14.8. The first-order valence-electron chi connectivity index (χ1n) is 11.2. The predicted octanol–water partition coefficient (Wildman–Crippen LogP) is 3.80. The number of amides is 1. The Kier molecular flexibility index (Phi) is 5.44. The molecule has 34 heavy (non-hydrogen) atoms. The monoisotopic (exact) mass is 476 g/mol. The molecule has 5 rings (SSSR count). The van der Waals surface area contributed by atoms with E-state index >= 15 is 0 Å². The van der Waals surface area contributed by atoms with Crippen LogP contribution in [-0.4, -0.2) is 50.2 Å². The lowest BCUT2D eigenvalue weighted by Crippen LogP contribution is -2.49. The largest absolute Gasteiger partial charge is 0.451 e. The molecule has 7 nitrogen and oxygen atoms in total. The third-order valence-electron chi connectivity index (χ3n) is 6.81. The maximum Gasteiger partial charge on any atom is 0.451 e. The maximum atomic E-state index is 14.8. The number of rotatable bonds is 2. The molecule has 2 atom stereocenters. The number of piperidine rings is 1. The first-order valence-corrected chi connectivity index (χ1v) is 11.2. The van der Waals surface area contributed by atoms with Gasteiger partial charge in [-0.05, 0) is 30.9 Å². The Morgan fingerprint density at radius 3 is 2.68 bits per heavy atom. The summed E-state index contributed by atoms with van der Waals surface area (Å²) < 4.78 is 55.1. The lowest BCUT2D eigenvalue weighted by Gasteiger charge is -2.40. The molecular formula is C23H24F4N6O. The second kappa shape index (κ2) is 8.21. The van der Waals surface area contributed by atoms with Gasteiger partial charge >= 0.3 is 6.18 Å². The molecule has 0 saturated carbocycles. The van der Waals surface area contributed by atoms with Gasteiger partial charge in [0, 0.05) is 37.5 Å². The first kappa shape index (κ1) is 22.5. The number of anilines is 1. The summed E-state index contributed by atoms with van der Waals surface area (Å²) in [5.41, 5.74) is 2.25. The summed E-state index contributed by atoms with van der Waals surface area (Å²) in [7, 11) is 0. The van der Waals surface area contributed by atoms with Crippen molar-refractivity contribution in [1.82, 2.24) is 24.6 Å². The molecule has 0 bridgehead atoms. The molecule has 0 unspecified atom stereocenters. The highest BCUT2D eigenvalue weighted by Crippen LogP contribution is 2.35. The van der Waals surface area contributed by atoms with Gasteiger partial charge in [0.05, 0.1) is 23.9 Å². The zero-order valence-corrected chi connectivity index (χ0v) is 18.8. The van der Waals surface area contributed by atoms with Crippen molar-refractivity contribution in [2.75, 3.05) is 24.5 Å². The number of aromatic nitrogens is 4. The van der Waals surface area contributed by atoms with Crippen molar-refractivity contribution in [3.8, 4) is 0 Å². The van der Waals surface area contributed by atoms with Crippen LogP contribution in [0.1, 0.15) is 30.6 Å². The van der Waals surface area contributed by atoms with Gasteiger partial charge in [0.15, 0.2) is 11.6 Å². The van der Waals surface area contributed by atoms with Crippen LogP contribution in [0.2, 0.25) is 0 Å². The Bertz CT molecular complexity index is 1260. The van der Waals surface area contributed by atoms with Gasteiger partial charge in [-0.25, -0.2) is 4.39 Å². The number of halogens is 4. The van der Waals surface area contributed by atoms with Crippen molar-refractivity contribution in [3.63, 3.8) is 0 Å². The minimum atomic E-state index is -4.58. The molecule has 11 heteroatoms. The highest BCUT2D eigenvalue weighted by molar-refractivity contribution is 5.92. The van der Waals surface area contributed by atoms with Crippen molar-refractivity contribution < 1.29 is 22.4 Å². The lowest BCUT2D eigenvalue weighted by molar-refractivity contribution is -0.148. The molecule has 0 spiro atoms. The van der Waals surface area contributed by atoms with E-state index in [4.69, 9.17) is 0 Å². The van der Waals surface area contributed by atoms with Crippen LogP contribution in [-0.2, 0) is 24.1 Å². The fraction of sp³-hybridized carbons (Fsp3) is 0.478. The average molecular weight is 476 g/mol. The van der Waals surface area contributed by atoms with Gasteiger partial charge in [-0.1, -0.05) is 19.1 Å². The third-order valence-corrected chi connectivity index (χ3v) is 6.81. The molecule has 4 heterocycles. The minimum Gasteiger partial charge on any atom is -0.368 e. The fourth-order valence-electron chi connectivity index (χ4n) is 5.09. The van der Waals surface area contributed by atoms with E-state index in [1.807, 2.05) is 36.9 Å². The number of fused-ring (bicyclic) bond motifs is 2. The molecular weight excluding hydrogens is 452 g/mol. The Labute approximate surface area is 193 Å². The number of aryl methyl sites for hydroxylation is 1. The van der Waals surface area contributed by atoms with Gasteiger partial charge < -0.3 is 14.4 Å². The average Bonchev–Trinajstić information content (AvgIpc) is 3.22. The highest BCUT2D eigenvalue weighted by atomic mass is 19.4. The zero-order chi connectivity index (χ0) is 24.2. The van der Waals surface area contributed by atoms with Crippen molar-refractivity contribution in [2.45, 2.75) is 39.5 Å². The summed E-state index contributed by atoms with van der Waals surface area (Å²) in [4.78, 5) is 21.0. The van der Waals surface area contributed by atoms with Crippen LogP contribution in [0.25, 0.3) is 10.9 Å². The van der Waals surface area contributed by atoms with E-state index in [9.17, 15) is 22.4 Å². The summed E-state index contributed by atoms with van der Waals surface area (Å²) in [6, 6.07) is 5.71. The standard InChI is InChI=1S/C23H24F4N6O/c1-13-3-4-16-18(9-13)28-10-17(24)20(16)31-6-5-15(14(2)11-31)21(34)32-7-8-33-19(12-32)29-30-22(33)23(25,26)27/h3-4,9-10,14-15H,5-8,11-12H2,1-2H3/t14-,15+/m1/s1. The summed E-state index contributed by atoms with van der Waals surface area (Å²) in [6.07, 6.45) is -2.83. The number of alkyl halides is 3. The molecule has 1 aromatic carbocycles. The third kappa shape index (κ3) is 3.86. The zero-order valence-electron chi connectivity index (χ0n) is 18.8. The number of benzene rings is 1. The Morgan fingerprint density at radius 2 is 1.94 bits per heavy atom. The number of hydrogen-bond acceptors (Lipinski definition) is 5. The number of carbonyl (C=O) groups excluding carboxylic acids is 1. The molecule has 0 aliphatic carbocycles. The van der Waals surface area contributed by atoms with E-state index in [0.717, 1.165) is 21.0 Å². The summed E-state index contributed by atoms with van der Waals surface area (Å²) in [5.74, 6) is -1.77. The van der Waals surface area contributed by atoms with Gasteiger partial charge in [0.1, 0.15) is 0 Å². The summed E-state index contributed by atoms with van der Waals surface area (Å²) in [5, 5.41) is 7.67. The molecule has 1 fully saturated rings. The van der Waals surface area contributed by atoms with E-state index in [1.165, 1.54) is 6.20 Å². The van der Waals surface area contributed by atoms with Gasteiger partial charge in [0.2, 0.25) is 11.7 Å². The normalized spacial score (nSPS) is 21.1. The molecule has 1 amide bonds. The van der Waals surface area contributed by atoms with Crippen molar-refractivity contribution in [3.05, 3.63) is 47.4 Å². The second-order valence-corrected chi connectivity index (χ2v) is 9.14. The van der Waals surface area contributed by atoms with Crippen molar-refractivity contribution in [1.29, 1.82) is 0 Å². The number of carbonyl (C=O) groups is 1. The first-order chi connectivity index (χ1) is 16.1. The molecule has 2 aliphatic rings. The number of pyridine rings is 1. The molecule has 2 aromatic heterocycles. The van der Waals surface area contributed by atoms with E-state index in [2.05, 4.69) is 15.2 Å². The smallest absolute Gasteiger partial charge is 0.368 e. The minimum absolute atomic E-state index is 0.00216. The van der Waals surface area contributed by atoms with Crippen LogP contribution >= 0.6 is 0 Å². The molecule has 0 radical (unpaired) electrons. The topological polar surface area (TPSA) is 67.2 Å². The van der Waals surface area contributed by atoms with Crippen molar-refractivity contribution in [2.24, 2.45) is 11.8 Å². The fourth-order valence-corrected chi connectivity index (χ4v) is 5.09. The van der Waals surface area contributed by atoms with Gasteiger partial charge in [-0.15, -0.1) is 10.2 Å². The van der Waals surface area contributed by atoms with Crippen LogP contribution < -0.4 is 4.90 Å². The lowest BCUT2D eigenvalue weighted by atomic mass is 9.85. The van der Waals surface area contributed by atoms with Crippen LogP contribution in [0.15, 0.2) is 24.4 Å². The van der Waals surface area contributed by atoms with Gasteiger partial charge in [-0.2, -0.15) is 13.2 Å².